The number of carbonyl (C=O) groups is 2. The number of halogens is 3. The highest BCUT2D eigenvalue weighted by Gasteiger charge is 2.51. The van der Waals surface area contributed by atoms with Gasteiger partial charge < -0.3 is 14.7 Å². The van der Waals surface area contributed by atoms with E-state index >= 15 is 0 Å². The van der Waals surface area contributed by atoms with Gasteiger partial charge in [0, 0.05) is 26.1 Å². The summed E-state index contributed by atoms with van der Waals surface area (Å²) in [6.07, 6.45) is -4.71. The number of ether oxygens (including phenoxy) is 1. The van der Waals surface area contributed by atoms with Gasteiger partial charge in [-0.3, -0.25) is 4.79 Å². The average molecular weight is 519 g/mol. The van der Waals surface area contributed by atoms with Crippen LogP contribution < -0.4 is 0 Å². The first-order valence-corrected chi connectivity index (χ1v) is 12.0. The quantitative estimate of drug-likeness (QED) is 0.504. The Morgan fingerprint density at radius 2 is 1.89 bits per heavy atom. The highest BCUT2D eigenvalue weighted by Crippen LogP contribution is 2.36. The molecule has 0 radical (unpaired) electrons. The van der Waals surface area contributed by atoms with Crippen molar-refractivity contribution in [2.45, 2.75) is 64.3 Å². The van der Waals surface area contributed by atoms with Gasteiger partial charge in [-0.05, 0) is 67.5 Å². The van der Waals surface area contributed by atoms with E-state index in [0.717, 1.165) is 47.2 Å². The molecular formula is C26H29F3N4O4. The molecule has 1 aliphatic heterocycles. The molecule has 1 amide bonds. The van der Waals surface area contributed by atoms with E-state index in [0.29, 0.717) is 18.4 Å². The highest BCUT2D eigenvalue weighted by atomic mass is 19.4. The largest absolute Gasteiger partial charge is 0.481 e. The van der Waals surface area contributed by atoms with Crippen LogP contribution in [0.15, 0.2) is 30.3 Å². The Hall–Kier alpha value is -3.63. The zero-order chi connectivity index (χ0) is 27.1. The molecule has 0 saturated heterocycles. The number of aromatic nitrogens is 3. The Bertz CT molecular complexity index is 1350. The monoisotopic (exact) mass is 518 g/mol. The molecule has 0 spiro atoms. The molecular weight excluding hydrogens is 489 g/mol. The summed E-state index contributed by atoms with van der Waals surface area (Å²) < 4.78 is 46.3. The van der Waals surface area contributed by atoms with Crippen LogP contribution in [0.3, 0.4) is 0 Å². The number of carbonyl (C=O) groups excluding carboxylic acids is 1. The maximum atomic E-state index is 13.3. The lowest BCUT2D eigenvalue weighted by Crippen LogP contribution is -2.46. The highest BCUT2D eigenvalue weighted by molar-refractivity contribution is 5.80. The van der Waals surface area contributed by atoms with Crippen molar-refractivity contribution in [2.75, 3.05) is 6.54 Å². The molecule has 8 nitrogen and oxygen atoms in total. The Kier molecular flexibility index (Phi) is 6.91. The van der Waals surface area contributed by atoms with E-state index in [1.54, 1.807) is 11.7 Å². The summed E-state index contributed by atoms with van der Waals surface area (Å²) in [5, 5.41) is 18.0. The van der Waals surface area contributed by atoms with E-state index in [1.165, 1.54) is 4.90 Å². The van der Waals surface area contributed by atoms with E-state index in [-0.39, 0.29) is 19.5 Å². The second-order valence-electron chi connectivity index (χ2n) is 9.94. The summed E-state index contributed by atoms with van der Waals surface area (Å²) in [6.45, 7) is 3.84. The molecule has 2 heterocycles. The Morgan fingerprint density at radius 1 is 1.16 bits per heavy atom. The molecule has 0 saturated carbocycles. The van der Waals surface area contributed by atoms with Crippen molar-refractivity contribution < 1.29 is 32.6 Å². The third-order valence-corrected chi connectivity index (χ3v) is 6.98. The molecule has 0 bridgehead atoms. The third-order valence-electron chi connectivity index (χ3n) is 6.98. The molecule has 3 aromatic rings. The number of amides is 1. The summed E-state index contributed by atoms with van der Waals surface area (Å²) in [4.78, 5) is 25.8. The zero-order valence-electron chi connectivity index (χ0n) is 21.1. The second kappa shape index (κ2) is 9.68. The van der Waals surface area contributed by atoms with Crippen LogP contribution in [-0.2, 0) is 29.5 Å². The zero-order valence-corrected chi connectivity index (χ0v) is 21.1. The lowest BCUT2D eigenvalue weighted by Gasteiger charge is -2.31. The topological polar surface area (TPSA) is 97.6 Å². The van der Waals surface area contributed by atoms with Crippen molar-refractivity contribution in [3.05, 3.63) is 58.1 Å². The fourth-order valence-electron chi connectivity index (χ4n) is 4.70. The Morgan fingerprint density at radius 3 is 2.57 bits per heavy atom. The summed E-state index contributed by atoms with van der Waals surface area (Å²) in [5.74, 6) is -1.47. The van der Waals surface area contributed by atoms with Crippen LogP contribution in [0.25, 0.3) is 11.0 Å². The van der Waals surface area contributed by atoms with Gasteiger partial charge in [0.15, 0.2) is 0 Å². The van der Waals surface area contributed by atoms with Gasteiger partial charge in [0.1, 0.15) is 5.52 Å². The number of hydrogen-bond donors (Lipinski definition) is 1. The van der Waals surface area contributed by atoms with Gasteiger partial charge in [0.2, 0.25) is 5.60 Å². The number of aryl methyl sites for hydroxylation is 3. The average Bonchev–Trinajstić information content (AvgIpc) is 3.05. The van der Waals surface area contributed by atoms with Crippen LogP contribution >= 0.6 is 0 Å². The minimum atomic E-state index is -4.70. The van der Waals surface area contributed by atoms with Crippen molar-refractivity contribution in [2.24, 2.45) is 7.05 Å². The molecule has 4 rings (SSSR count). The number of aliphatic carboxylic acids is 1. The molecule has 11 heteroatoms. The maximum absolute atomic E-state index is 13.3. The van der Waals surface area contributed by atoms with Crippen LogP contribution in [0, 0.1) is 6.92 Å². The summed E-state index contributed by atoms with van der Waals surface area (Å²) >= 11 is 0. The first-order chi connectivity index (χ1) is 17.3. The van der Waals surface area contributed by atoms with Crippen LogP contribution in [-0.4, -0.2) is 55.4 Å². The minimum Gasteiger partial charge on any atom is -0.481 e. The number of rotatable bonds is 5. The van der Waals surface area contributed by atoms with Crippen molar-refractivity contribution in [1.29, 1.82) is 0 Å². The first kappa shape index (κ1) is 26.4. The summed E-state index contributed by atoms with van der Waals surface area (Å²) in [7, 11) is 1.78. The number of nitrogens with zero attached hydrogens (tertiary/aromatic N) is 4. The fraction of sp³-hybridized carbons (Fsp3) is 0.462. The molecule has 1 aromatic heterocycles. The molecule has 1 aliphatic rings. The standard InChI is InChI=1S/C26H29F3N4O4/c1-15-19(9-10-21-23(15)30-31-32(21)4)20(13-22(34)35)17-8-7-16-6-5-11-33(14-18(16)12-17)24(36)37-25(2,3)26(27,28)29/h7-10,12,20H,5-6,11,13-14H2,1-4H3,(H,34,35). The Balaban J connectivity index is 1.68. The lowest BCUT2D eigenvalue weighted by atomic mass is 9.84. The van der Waals surface area contributed by atoms with Gasteiger partial charge in [0.05, 0.1) is 11.9 Å². The second-order valence-corrected chi connectivity index (χ2v) is 9.94. The molecule has 0 fully saturated rings. The van der Waals surface area contributed by atoms with Crippen LogP contribution in [0.4, 0.5) is 18.0 Å². The van der Waals surface area contributed by atoms with E-state index in [1.807, 2.05) is 37.3 Å². The first-order valence-electron chi connectivity index (χ1n) is 12.0. The minimum absolute atomic E-state index is 0.0674. The van der Waals surface area contributed by atoms with Crippen molar-refractivity contribution >= 4 is 23.1 Å². The number of fused-ring (bicyclic) bond motifs is 2. The predicted octanol–water partition coefficient (Wildman–Crippen LogP) is 5.11. The van der Waals surface area contributed by atoms with Crippen molar-refractivity contribution in [3.63, 3.8) is 0 Å². The van der Waals surface area contributed by atoms with Gasteiger partial charge in [0.25, 0.3) is 0 Å². The summed E-state index contributed by atoms with van der Waals surface area (Å²) in [6, 6.07) is 9.38. The van der Waals surface area contributed by atoms with Gasteiger partial charge in [-0.1, -0.05) is 29.5 Å². The predicted molar refractivity (Wildman–Crippen MR) is 129 cm³/mol. The van der Waals surface area contributed by atoms with E-state index < -0.39 is 29.8 Å². The number of carboxylic acid groups (broad SMARTS) is 1. The molecule has 1 N–H and O–H groups in total. The molecule has 37 heavy (non-hydrogen) atoms. The van der Waals surface area contributed by atoms with E-state index in [2.05, 4.69) is 10.3 Å². The van der Waals surface area contributed by atoms with Crippen LogP contribution in [0.2, 0.25) is 0 Å². The smallest absolute Gasteiger partial charge is 0.427 e. The number of carboxylic acids is 1. The molecule has 198 valence electrons. The van der Waals surface area contributed by atoms with Gasteiger partial charge in [-0.2, -0.15) is 13.2 Å². The normalized spacial score (nSPS) is 15.3. The van der Waals surface area contributed by atoms with Gasteiger partial charge in [-0.15, -0.1) is 5.10 Å². The third kappa shape index (κ3) is 5.26. The van der Waals surface area contributed by atoms with Gasteiger partial charge in [-0.25, -0.2) is 9.48 Å². The SMILES string of the molecule is Cc1c(C(CC(=O)O)c2ccc3c(c2)CN(C(=O)OC(C)(C)C(F)(F)F)CCC3)ccc2c1nnn2C. The summed E-state index contributed by atoms with van der Waals surface area (Å²) in [5.41, 5.74) is 2.97. The van der Waals surface area contributed by atoms with Crippen molar-refractivity contribution in [1.82, 2.24) is 19.9 Å². The number of benzene rings is 2. The molecule has 1 unspecified atom stereocenters. The van der Waals surface area contributed by atoms with Crippen molar-refractivity contribution in [3.8, 4) is 0 Å². The molecule has 1 atom stereocenters. The maximum Gasteiger partial charge on any atom is 0.427 e. The fourth-order valence-corrected chi connectivity index (χ4v) is 4.70. The lowest BCUT2D eigenvalue weighted by molar-refractivity contribution is -0.246. The molecule has 2 aromatic carbocycles. The van der Waals surface area contributed by atoms with Crippen LogP contribution in [0.1, 0.15) is 60.4 Å². The Labute approximate surface area is 212 Å². The number of hydrogen-bond acceptors (Lipinski definition) is 5. The van der Waals surface area contributed by atoms with E-state index in [9.17, 15) is 27.9 Å². The molecule has 0 aliphatic carbocycles. The van der Waals surface area contributed by atoms with Gasteiger partial charge >= 0.3 is 18.2 Å². The number of alkyl halides is 3. The van der Waals surface area contributed by atoms with E-state index in [4.69, 9.17) is 4.74 Å². The van der Waals surface area contributed by atoms with Crippen LogP contribution in [0.5, 0.6) is 0 Å².